The van der Waals surface area contributed by atoms with Gasteiger partial charge in [-0.2, -0.15) is 0 Å². The number of hydrogen-bond acceptors (Lipinski definition) is 5. The minimum atomic E-state index is 0.659. The Morgan fingerprint density at radius 2 is 1.68 bits per heavy atom. The molecule has 0 unspecified atom stereocenters. The SMILES string of the molecule is CCOc1ccc(N=c2scc(-c3ccc(OC)cc3)n2CCCOC)cc1. The first-order valence-electron chi connectivity index (χ1n) is 9.34. The molecule has 0 aliphatic carbocycles. The molecule has 3 rings (SSSR count). The van der Waals surface area contributed by atoms with Gasteiger partial charge in [0.25, 0.3) is 0 Å². The van der Waals surface area contributed by atoms with Gasteiger partial charge in [0.1, 0.15) is 11.5 Å². The van der Waals surface area contributed by atoms with Crippen LogP contribution in [0, 0.1) is 0 Å². The Morgan fingerprint density at radius 3 is 2.32 bits per heavy atom. The molecule has 1 heterocycles. The molecule has 5 nitrogen and oxygen atoms in total. The van der Waals surface area contributed by atoms with Crippen LogP contribution in [-0.4, -0.2) is 32.0 Å². The number of methoxy groups -OCH3 is 2. The molecule has 28 heavy (non-hydrogen) atoms. The van der Waals surface area contributed by atoms with E-state index < -0.39 is 0 Å². The summed E-state index contributed by atoms with van der Waals surface area (Å²) in [6.07, 6.45) is 0.923. The minimum absolute atomic E-state index is 0.659. The summed E-state index contributed by atoms with van der Waals surface area (Å²) in [4.78, 5) is 5.83. The number of thiazole rings is 1. The van der Waals surface area contributed by atoms with Crippen molar-refractivity contribution in [2.75, 3.05) is 27.4 Å². The zero-order chi connectivity index (χ0) is 19.8. The van der Waals surface area contributed by atoms with Crippen LogP contribution in [0.25, 0.3) is 11.3 Å². The maximum atomic E-state index is 5.51. The van der Waals surface area contributed by atoms with Crippen LogP contribution in [-0.2, 0) is 11.3 Å². The second kappa shape index (κ2) is 10.1. The van der Waals surface area contributed by atoms with E-state index in [0.717, 1.165) is 46.2 Å². The topological polar surface area (TPSA) is 45.0 Å². The summed E-state index contributed by atoms with van der Waals surface area (Å²) in [5.41, 5.74) is 3.20. The zero-order valence-corrected chi connectivity index (χ0v) is 17.4. The van der Waals surface area contributed by atoms with Gasteiger partial charge >= 0.3 is 0 Å². The van der Waals surface area contributed by atoms with E-state index in [4.69, 9.17) is 19.2 Å². The molecule has 0 amide bonds. The number of hydrogen-bond donors (Lipinski definition) is 0. The van der Waals surface area contributed by atoms with E-state index in [1.165, 1.54) is 0 Å². The van der Waals surface area contributed by atoms with E-state index in [2.05, 4.69) is 22.1 Å². The lowest BCUT2D eigenvalue weighted by molar-refractivity contribution is 0.190. The average Bonchev–Trinajstić information content (AvgIpc) is 3.12. The minimum Gasteiger partial charge on any atom is -0.497 e. The summed E-state index contributed by atoms with van der Waals surface area (Å²) < 4.78 is 18.3. The molecule has 0 fully saturated rings. The highest BCUT2D eigenvalue weighted by Crippen LogP contribution is 2.24. The fourth-order valence-electron chi connectivity index (χ4n) is 2.89. The number of aromatic nitrogens is 1. The van der Waals surface area contributed by atoms with Crippen LogP contribution >= 0.6 is 11.3 Å². The molecule has 0 aliphatic heterocycles. The van der Waals surface area contributed by atoms with Crippen molar-refractivity contribution in [2.45, 2.75) is 19.9 Å². The Hall–Kier alpha value is -2.57. The fraction of sp³-hybridized carbons (Fsp3) is 0.318. The normalized spacial score (nSPS) is 11.6. The van der Waals surface area contributed by atoms with Crippen molar-refractivity contribution in [3.63, 3.8) is 0 Å². The molecule has 0 aliphatic rings. The Labute approximate surface area is 169 Å². The van der Waals surface area contributed by atoms with E-state index >= 15 is 0 Å². The van der Waals surface area contributed by atoms with Crippen LogP contribution in [0.3, 0.4) is 0 Å². The summed E-state index contributed by atoms with van der Waals surface area (Å²) in [7, 11) is 3.41. The quantitative estimate of drug-likeness (QED) is 0.482. The van der Waals surface area contributed by atoms with E-state index in [9.17, 15) is 0 Å². The molecule has 2 aromatic carbocycles. The maximum Gasteiger partial charge on any atom is 0.190 e. The third-order valence-corrected chi connectivity index (χ3v) is 5.15. The Morgan fingerprint density at radius 1 is 0.964 bits per heavy atom. The summed E-state index contributed by atoms with van der Waals surface area (Å²) in [6.45, 7) is 4.20. The molecule has 0 bridgehead atoms. The van der Waals surface area contributed by atoms with Crippen molar-refractivity contribution in [1.29, 1.82) is 0 Å². The highest BCUT2D eigenvalue weighted by Gasteiger charge is 2.09. The Balaban J connectivity index is 1.96. The largest absolute Gasteiger partial charge is 0.497 e. The van der Waals surface area contributed by atoms with Crippen LogP contribution < -0.4 is 14.3 Å². The van der Waals surface area contributed by atoms with Crippen molar-refractivity contribution in [1.82, 2.24) is 4.57 Å². The molecular weight excluding hydrogens is 372 g/mol. The van der Waals surface area contributed by atoms with Gasteiger partial charge in [-0.15, -0.1) is 11.3 Å². The smallest absolute Gasteiger partial charge is 0.190 e. The average molecular weight is 399 g/mol. The van der Waals surface area contributed by atoms with Crippen LogP contribution in [0.15, 0.2) is 58.9 Å². The monoisotopic (exact) mass is 398 g/mol. The van der Waals surface area contributed by atoms with E-state index in [0.29, 0.717) is 13.2 Å². The molecule has 0 saturated heterocycles. The van der Waals surface area contributed by atoms with Gasteiger partial charge in [0.05, 0.1) is 25.1 Å². The van der Waals surface area contributed by atoms with Gasteiger partial charge in [0, 0.05) is 25.6 Å². The van der Waals surface area contributed by atoms with Crippen molar-refractivity contribution in [3.8, 4) is 22.8 Å². The molecule has 1 aromatic heterocycles. The molecule has 148 valence electrons. The van der Waals surface area contributed by atoms with E-state index in [1.807, 2.05) is 43.3 Å². The van der Waals surface area contributed by atoms with E-state index in [1.54, 1.807) is 25.6 Å². The summed E-state index contributed by atoms with van der Waals surface area (Å²) in [5.74, 6) is 1.71. The molecular formula is C22H26N2O3S. The number of nitrogens with zero attached hydrogens (tertiary/aromatic N) is 2. The van der Waals surface area contributed by atoms with Crippen molar-refractivity contribution in [2.24, 2.45) is 4.99 Å². The van der Waals surface area contributed by atoms with Gasteiger partial charge in [-0.05, 0) is 67.4 Å². The lowest BCUT2D eigenvalue weighted by atomic mass is 10.1. The summed E-state index contributed by atoms with van der Waals surface area (Å²) in [5, 5.41) is 2.15. The summed E-state index contributed by atoms with van der Waals surface area (Å²) in [6, 6.07) is 16.0. The van der Waals surface area contributed by atoms with Gasteiger partial charge in [0.15, 0.2) is 4.80 Å². The lowest BCUT2D eigenvalue weighted by Gasteiger charge is -2.10. The van der Waals surface area contributed by atoms with Crippen molar-refractivity contribution in [3.05, 3.63) is 58.7 Å². The standard InChI is InChI=1S/C22H26N2O3S/c1-4-27-20-12-8-18(9-13-20)23-22-24(14-5-15-25-2)21(16-28-22)17-6-10-19(26-3)11-7-17/h6-13,16H,4-5,14-15H2,1-3H3. The van der Waals surface area contributed by atoms with Gasteiger partial charge < -0.3 is 18.8 Å². The van der Waals surface area contributed by atoms with Crippen LogP contribution in [0.2, 0.25) is 0 Å². The first kappa shape index (κ1) is 20.2. The predicted molar refractivity (Wildman–Crippen MR) is 114 cm³/mol. The van der Waals surface area contributed by atoms with Crippen LogP contribution in [0.1, 0.15) is 13.3 Å². The molecule has 6 heteroatoms. The number of ether oxygens (including phenoxy) is 3. The third-order valence-electron chi connectivity index (χ3n) is 4.29. The Kier molecular flexibility index (Phi) is 7.28. The van der Waals surface area contributed by atoms with Crippen LogP contribution in [0.4, 0.5) is 5.69 Å². The molecule has 0 spiro atoms. The predicted octanol–water partition coefficient (Wildman–Crippen LogP) is 4.89. The molecule has 0 radical (unpaired) electrons. The third kappa shape index (κ3) is 5.03. The number of benzene rings is 2. The maximum absolute atomic E-state index is 5.51. The second-order valence-electron chi connectivity index (χ2n) is 6.17. The van der Waals surface area contributed by atoms with Gasteiger partial charge in [-0.1, -0.05) is 0 Å². The van der Waals surface area contributed by atoms with Crippen molar-refractivity contribution < 1.29 is 14.2 Å². The van der Waals surface area contributed by atoms with Crippen LogP contribution in [0.5, 0.6) is 11.5 Å². The Bertz CT molecular complexity index is 928. The van der Waals surface area contributed by atoms with Crippen molar-refractivity contribution >= 4 is 17.0 Å². The van der Waals surface area contributed by atoms with Gasteiger partial charge in [-0.25, -0.2) is 4.99 Å². The molecule has 3 aromatic rings. The lowest BCUT2D eigenvalue weighted by Crippen LogP contribution is -2.17. The first-order chi connectivity index (χ1) is 13.7. The molecule has 0 saturated carbocycles. The highest BCUT2D eigenvalue weighted by molar-refractivity contribution is 7.07. The number of rotatable bonds is 9. The zero-order valence-electron chi connectivity index (χ0n) is 16.6. The van der Waals surface area contributed by atoms with Gasteiger partial charge in [-0.3, -0.25) is 0 Å². The molecule has 0 N–H and O–H groups in total. The second-order valence-corrected chi connectivity index (χ2v) is 7.01. The summed E-state index contributed by atoms with van der Waals surface area (Å²) >= 11 is 1.64. The fourth-order valence-corrected chi connectivity index (χ4v) is 3.84. The van der Waals surface area contributed by atoms with E-state index in [-0.39, 0.29) is 0 Å². The highest BCUT2D eigenvalue weighted by atomic mass is 32.1. The molecule has 0 atom stereocenters. The van der Waals surface area contributed by atoms with Gasteiger partial charge in [0.2, 0.25) is 0 Å². The first-order valence-corrected chi connectivity index (χ1v) is 10.2.